The van der Waals surface area contributed by atoms with Crippen molar-refractivity contribution in [1.82, 2.24) is 14.5 Å². The van der Waals surface area contributed by atoms with Gasteiger partial charge in [0, 0.05) is 23.1 Å². The lowest BCUT2D eigenvalue weighted by Crippen LogP contribution is -2.42. The van der Waals surface area contributed by atoms with Gasteiger partial charge < -0.3 is 14.0 Å². The zero-order valence-electron chi connectivity index (χ0n) is 18.9. The molecule has 32 heavy (non-hydrogen) atoms. The van der Waals surface area contributed by atoms with Gasteiger partial charge in [-0.15, -0.1) is 4.72 Å². The third-order valence-electron chi connectivity index (χ3n) is 4.52. The van der Waals surface area contributed by atoms with Crippen molar-refractivity contribution < 1.29 is 32.0 Å². The van der Waals surface area contributed by atoms with E-state index < -0.39 is 46.4 Å². The summed E-state index contributed by atoms with van der Waals surface area (Å²) in [7, 11) is 1.41. The lowest BCUT2D eigenvalue weighted by molar-refractivity contribution is -0.145. The molecule has 178 valence electrons. The second-order valence-electron chi connectivity index (χ2n) is 8.06. The van der Waals surface area contributed by atoms with Crippen LogP contribution in [0.1, 0.15) is 57.0 Å². The van der Waals surface area contributed by atoms with Gasteiger partial charge >= 0.3 is 12.1 Å². The number of nitrogens with one attached hydrogen (secondary N) is 1. The minimum atomic E-state index is -4.81. The summed E-state index contributed by atoms with van der Waals surface area (Å²) in [6.07, 6.45) is -4.08. The maximum Gasteiger partial charge on any atom is 0.435 e. The van der Waals surface area contributed by atoms with Gasteiger partial charge in [0.2, 0.25) is 0 Å². The van der Waals surface area contributed by atoms with Crippen molar-refractivity contribution in [2.24, 2.45) is 0 Å². The van der Waals surface area contributed by atoms with Gasteiger partial charge in [-0.3, -0.25) is 4.79 Å². The molecule has 2 rings (SSSR count). The van der Waals surface area contributed by atoms with Crippen LogP contribution in [-0.4, -0.2) is 38.8 Å². The van der Waals surface area contributed by atoms with E-state index in [2.05, 4.69) is 9.82 Å². The van der Waals surface area contributed by atoms with E-state index in [1.165, 1.54) is 13.3 Å². The molecule has 1 aromatic heterocycles. The molecule has 0 bridgehead atoms. The smallest absolute Gasteiger partial charge is 0.435 e. The standard InChI is InChI=1S/C21H28F3N3O4S/c1-7-31-17(28)11-15(26-32(29)20(3,4)5)14-12-27(25-19(14)21(22,23)24)18-13(2)9-8-10-16(18)30-6/h8-10,12,15,26H,7,11H2,1-6H3/t15-,32+/m0/s1. The Hall–Kier alpha value is -2.24. The summed E-state index contributed by atoms with van der Waals surface area (Å²) in [5, 5.41) is 3.79. The van der Waals surface area contributed by atoms with Gasteiger partial charge in [0.15, 0.2) is 5.69 Å². The quantitative estimate of drug-likeness (QED) is 0.454. The van der Waals surface area contributed by atoms with E-state index in [9.17, 15) is 22.5 Å². The predicted octanol–water partition coefficient (Wildman–Crippen LogP) is 4.25. The van der Waals surface area contributed by atoms with E-state index in [-0.39, 0.29) is 12.2 Å². The molecular weight excluding hydrogens is 447 g/mol. The first-order chi connectivity index (χ1) is 14.8. The zero-order chi connectivity index (χ0) is 24.3. The molecule has 0 fully saturated rings. The van der Waals surface area contributed by atoms with Crippen LogP contribution in [0.4, 0.5) is 13.2 Å². The molecule has 0 saturated heterocycles. The van der Waals surface area contributed by atoms with E-state index >= 15 is 0 Å². The number of benzene rings is 1. The summed E-state index contributed by atoms with van der Waals surface area (Å²) in [4.78, 5) is 12.2. The molecule has 2 aromatic rings. The highest BCUT2D eigenvalue weighted by Crippen LogP contribution is 2.37. The number of methoxy groups -OCH3 is 1. The largest absolute Gasteiger partial charge is 0.598 e. The van der Waals surface area contributed by atoms with Crippen LogP contribution in [0.3, 0.4) is 0 Å². The third kappa shape index (κ3) is 6.17. The Morgan fingerprint density at radius 3 is 2.50 bits per heavy atom. The summed E-state index contributed by atoms with van der Waals surface area (Å²) in [5.74, 6) is -0.383. The van der Waals surface area contributed by atoms with Crippen LogP contribution < -0.4 is 9.46 Å². The Morgan fingerprint density at radius 2 is 1.97 bits per heavy atom. The van der Waals surface area contributed by atoms with Crippen LogP contribution in [0, 0.1) is 6.92 Å². The van der Waals surface area contributed by atoms with Crippen LogP contribution in [-0.2, 0) is 27.1 Å². The first-order valence-electron chi connectivity index (χ1n) is 9.94. The molecule has 0 saturated carbocycles. The van der Waals surface area contributed by atoms with Crippen LogP contribution in [0.5, 0.6) is 5.75 Å². The van der Waals surface area contributed by atoms with E-state index in [0.717, 1.165) is 4.68 Å². The number of rotatable bonds is 8. The van der Waals surface area contributed by atoms with Gasteiger partial charge in [-0.1, -0.05) is 12.1 Å². The fourth-order valence-corrected chi connectivity index (χ4v) is 3.80. The van der Waals surface area contributed by atoms with Crippen molar-refractivity contribution in [2.45, 2.75) is 58.0 Å². The summed E-state index contributed by atoms with van der Waals surface area (Å²) < 4.78 is 67.7. The number of hydrogen-bond donors (Lipinski definition) is 1. The Labute approximate surface area is 188 Å². The minimum absolute atomic E-state index is 0.0692. The average Bonchev–Trinajstić information content (AvgIpc) is 3.12. The molecule has 1 aromatic carbocycles. The van der Waals surface area contributed by atoms with Crippen molar-refractivity contribution in [1.29, 1.82) is 0 Å². The van der Waals surface area contributed by atoms with Gasteiger partial charge in [0.05, 0.1) is 26.2 Å². The van der Waals surface area contributed by atoms with Crippen LogP contribution in [0.15, 0.2) is 24.4 Å². The van der Waals surface area contributed by atoms with E-state index in [4.69, 9.17) is 9.47 Å². The van der Waals surface area contributed by atoms with Gasteiger partial charge in [-0.05, 0) is 46.2 Å². The number of hydrogen-bond acceptors (Lipinski definition) is 6. The van der Waals surface area contributed by atoms with Gasteiger partial charge in [0.25, 0.3) is 0 Å². The molecular formula is C21H28F3N3O4S. The Kier molecular flexibility index (Phi) is 8.24. The number of carbonyl (C=O) groups excluding carboxylic acids is 1. The molecule has 1 N–H and O–H groups in total. The van der Waals surface area contributed by atoms with Crippen molar-refractivity contribution >= 4 is 17.3 Å². The summed E-state index contributed by atoms with van der Waals surface area (Å²) in [5.41, 5.74) is -0.525. The fraction of sp³-hybridized carbons (Fsp3) is 0.524. The molecule has 0 spiro atoms. The number of carbonyl (C=O) groups is 1. The Balaban J connectivity index is 2.65. The lowest BCUT2D eigenvalue weighted by atomic mass is 10.1. The van der Waals surface area contributed by atoms with Crippen LogP contribution in [0.2, 0.25) is 0 Å². The number of nitrogens with zero attached hydrogens (tertiary/aromatic N) is 2. The second kappa shape index (κ2) is 10.1. The molecule has 0 aliphatic heterocycles. The van der Waals surface area contributed by atoms with Crippen LogP contribution in [0.25, 0.3) is 5.69 Å². The van der Waals surface area contributed by atoms with Crippen molar-refractivity contribution in [3.63, 3.8) is 0 Å². The van der Waals surface area contributed by atoms with E-state index in [0.29, 0.717) is 17.0 Å². The number of aromatic nitrogens is 2. The lowest BCUT2D eigenvalue weighted by Gasteiger charge is -2.27. The molecule has 0 unspecified atom stereocenters. The fourth-order valence-electron chi connectivity index (χ4n) is 2.98. The maximum atomic E-state index is 14.0. The van der Waals surface area contributed by atoms with E-state index in [1.54, 1.807) is 52.8 Å². The molecule has 11 heteroatoms. The average molecular weight is 476 g/mol. The first kappa shape index (κ1) is 26.0. The van der Waals surface area contributed by atoms with Crippen molar-refractivity contribution in [2.75, 3.05) is 13.7 Å². The Morgan fingerprint density at radius 1 is 1.31 bits per heavy atom. The number of aryl methyl sites for hydroxylation is 1. The summed E-state index contributed by atoms with van der Waals surface area (Å²) in [6.45, 7) is 8.39. The zero-order valence-corrected chi connectivity index (χ0v) is 19.7. The van der Waals surface area contributed by atoms with Crippen LogP contribution >= 0.6 is 0 Å². The predicted molar refractivity (Wildman–Crippen MR) is 115 cm³/mol. The number of para-hydroxylation sites is 1. The normalized spacial score (nSPS) is 14.2. The van der Waals surface area contributed by atoms with Gasteiger partial charge in [-0.25, -0.2) is 4.68 Å². The second-order valence-corrected chi connectivity index (χ2v) is 10.1. The van der Waals surface area contributed by atoms with Gasteiger partial charge in [0.1, 0.15) is 16.2 Å². The Bertz CT molecular complexity index is 941. The number of halogens is 3. The highest BCUT2D eigenvalue weighted by molar-refractivity contribution is 7.90. The molecule has 0 amide bonds. The molecule has 1 heterocycles. The summed E-state index contributed by atoms with van der Waals surface area (Å²) >= 11 is -1.76. The minimum Gasteiger partial charge on any atom is -0.598 e. The topological polar surface area (TPSA) is 88.4 Å². The number of alkyl halides is 3. The summed E-state index contributed by atoms with van der Waals surface area (Å²) in [6, 6.07) is 3.80. The third-order valence-corrected chi connectivity index (χ3v) is 6.13. The first-order valence-corrected chi connectivity index (χ1v) is 11.1. The van der Waals surface area contributed by atoms with E-state index in [1.807, 2.05) is 0 Å². The number of esters is 1. The number of ether oxygens (including phenoxy) is 2. The SMILES string of the molecule is CCOC(=O)C[C@H](N[S@+]([O-])C(C)(C)C)c1cn(-c2c(C)cccc2OC)nc1C(F)(F)F. The molecule has 0 aliphatic rings. The highest BCUT2D eigenvalue weighted by Gasteiger charge is 2.42. The molecule has 0 radical (unpaired) electrons. The molecule has 2 atom stereocenters. The monoisotopic (exact) mass is 475 g/mol. The van der Waals surface area contributed by atoms with Crippen molar-refractivity contribution in [3.05, 3.63) is 41.2 Å². The molecule has 7 nitrogen and oxygen atoms in total. The highest BCUT2D eigenvalue weighted by atomic mass is 32.2. The van der Waals surface area contributed by atoms with Gasteiger partial charge in [-0.2, -0.15) is 18.3 Å². The van der Waals surface area contributed by atoms with Crippen molar-refractivity contribution in [3.8, 4) is 11.4 Å². The maximum absolute atomic E-state index is 14.0. The molecule has 0 aliphatic carbocycles.